The van der Waals surface area contributed by atoms with Crippen LogP contribution < -0.4 is 5.73 Å². The zero-order chi connectivity index (χ0) is 11.3. The van der Waals surface area contributed by atoms with Crippen LogP contribution in [0.1, 0.15) is 25.0 Å². The Morgan fingerprint density at radius 1 is 1.27 bits per heavy atom. The molecule has 2 nitrogen and oxygen atoms in total. The first kappa shape index (κ1) is 12.2. The van der Waals surface area contributed by atoms with E-state index >= 15 is 0 Å². The third kappa shape index (κ3) is 4.45. The first-order valence-electron chi connectivity index (χ1n) is 5.58. The highest BCUT2D eigenvalue weighted by Crippen LogP contribution is 2.08. The van der Waals surface area contributed by atoms with Gasteiger partial charge in [-0.2, -0.15) is 0 Å². The molecule has 0 aliphatic carbocycles. The zero-order valence-corrected chi connectivity index (χ0v) is 10.0. The van der Waals surface area contributed by atoms with E-state index in [-0.39, 0.29) is 0 Å². The van der Waals surface area contributed by atoms with Gasteiger partial charge in [0, 0.05) is 19.6 Å². The lowest BCUT2D eigenvalue weighted by Crippen LogP contribution is -2.22. The van der Waals surface area contributed by atoms with Crippen molar-refractivity contribution in [3.8, 4) is 0 Å². The van der Waals surface area contributed by atoms with Crippen molar-refractivity contribution in [3.05, 3.63) is 35.4 Å². The van der Waals surface area contributed by atoms with E-state index in [1.54, 1.807) is 0 Å². The monoisotopic (exact) mass is 206 g/mol. The van der Waals surface area contributed by atoms with Crippen LogP contribution in [-0.2, 0) is 13.1 Å². The second-order valence-corrected chi connectivity index (χ2v) is 4.61. The fourth-order valence-electron chi connectivity index (χ4n) is 1.85. The van der Waals surface area contributed by atoms with Gasteiger partial charge in [0.15, 0.2) is 0 Å². The fourth-order valence-corrected chi connectivity index (χ4v) is 1.85. The van der Waals surface area contributed by atoms with Crippen LogP contribution in [0, 0.1) is 5.92 Å². The van der Waals surface area contributed by atoms with Gasteiger partial charge in [0.2, 0.25) is 0 Å². The SMILES string of the molecule is CC(C)CN(C)Cc1cccc(CN)c1. The van der Waals surface area contributed by atoms with Crippen LogP contribution >= 0.6 is 0 Å². The number of benzene rings is 1. The minimum absolute atomic E-state index is 0.627. The molecule has 1 aromatic rings. The van der Waals surface area contributed by atoms with E-state index in [1.807, 2.05) is 0 Å². The van der Waals surface area contributed by atoms with Gasteiger partial charge in [-0.05, 0) is 24.1 Å². The van der Waals surface area contributed by atoms with Gasteiger partial charge in [-0.3, -0.25) is 0 Å². The minimum Gasteiger partial charge on any atom is -0.326 e. The predicted octanol–water partition coefficient (Wildman–Crippen LogP) is 2.23. The van der Waals surface area contributed by atoms with E-state index in [0.717, 1.165) is 13.1 Å². The lowest BCUT2D eigenvalue weighted by atomic mass is 10.1. The Labute approximate surface area is 93.1 Å². The molecule has 1 aromatic carbocycles. The van der Waals surface area contributed by atoms with Crippen LogP contribution in [0.5, 0.6) is 0 Å². The molecule has 2 heteroatoms. The highest BCUT2D eigenvalue weighted by Gasteiger charge is 2.03. The standard InChI is InChI=1S/C13H22N2/c1-11(2)9-15(3)10-13-6-4-5-12(7-13)8-14/h4-7,11H,8-10,14H2,1-3H3. The largest absolute Gasteiger partial charge is 0.326 e. The first-order valence-corrected chi connectivity index (χ1v) is 5.58. The Balaban J connectivity index is 2.55. The molecular weight excluding hydrogens is 184 g/mol. The molecule has 1 rings (SSSR count). The summed E-state index contributed by atoms with van der Waals surface area (Å²) in [5.74, 6) is 0.715. The van der Waals surface area contributed by atoms with Crippen LogP contribution in [0.3, 0.4) is 0 Å². The molecule has 0 atom stereocenters. The maximum Gasteiger partial charge on any atom is 0.0230 e. The summed E-state index contributed by atoms with van der Waals surface area (Å²) in [5.41, 5.74) is 8.18. The topological polar surface area (TPSA) is 29.3 Å². The number of nitrogens with two attached hydrogens (primary N) is 1. The van der Waals surface area contributed by atoms with E-state index in [2.05, 4.69) is 50.1 Å². The molecule has 0 unspecified atom stereocenters. The quantitative estimate of drug-likeness (QED) is 0.800. The molecule has 15 heavy (non-hydrogen) atoms. The molecular formula is C13H22N2. The number of hydrogen-bond donors (Lipinski definition) is 1. The smallest absolute Gasteiger partial charge is 0.0230 e. The van der Waals surface area contributed by atoms with E-state index in [0.29, 0.717) is 12.5 Å². The number of rotatable bonds is 5. The van der Waals surface area contributed by atoms with Gasteiger partial charge < -0.3 is 10.6 Å². The van der Waals surface area contributed by atoms with Gasteiger partial charge in [-0.15, -0.1) is 0 Å². The molecule has 0 amide bonds. The van der Waals surface area contributed by atoms with Crippen molar-refractivity contribution in [2.75, 3.05) is 13.6 Å². The summed E-state index contributed by atoms with van der Waals surface area (Å²) >= 11 is 0. The predicted molar refractivity (Wildman–Crippen MR) is 65.5 cm³/mol. The normalized spacial score (nSPS) is 11.3. The van der Waals surface area contributed by atoms with Gasteiger partial charge in [0.25, 0.3) is 0 Å². The van der Waals surface area contributed by atoms with Crippen LogP contribution in [0.25, 0.3) is 0 Å². The fraction of sp³-hybridized carbons (Fsp3) is 0.538. The molecule has 0 saturated carbocycles. The van der Waals surface area contributed by atoms with Crippen LogP contribution in [0.2, 0.25) is 0 Å². The molecule has 0 aromatic heterocycles. The van der Waals surface area contributed by atoms with Crippen molar-refractivity contribution in [1.82, 2.24) is 4.90 Å². The number of hydrogen-bond acceptors (Lipinski definition) is 2. The summed E-state index contributed by atoms with van der Waals surface area (Å²) < 4.78 is 0. The summed E-state index contributed by atoms with van der Waals surface area (Å²) in [6, 6.07) is 8.51. The maximum absolute atomic E-state index is 5.62. The molecule has 0 heterocycles. The molecule has 0 aliphatic heterocycles. The Morgan fingerprint density at radius 3 is 2.53 bits per heavy atom. The summed E-state index contributed by atoms with van der Waals surface area (Å²) in [4.78, 5) is 2.35. The Morgan fingerprint density at radius 2 is 1.93 bits per heavy atom. The molecule has 0 spiro atoms. The average molecular weight is 206 g/mol. The van der Waals surface area contributed by atoms with E-state index in [4.69, 9.17) is 5.73 Å². The minimum atomic E-state index is 0.627. The summed E-state index contributed by atoms with van der Waals surface area (Å²) in [6.45, 7) is 7.25. The average Bonchev–Trinajstić information content (AvgIpc) is 2.16. The second-order valence-electron chi connectivity index (χ2n) is 4.61. The summed E-state index contributed by atoms with van der Waals surface area (Å²) in [6.07, 6.45) is 0. The lowest BCUT2D eigenvalue weighted by molar-refractivity contribution is 0.288. The Hall–Kier alpha value is -0.860. The van der Waals surface area contributed by atoms with Crippen LogP contribution in [-0.4, -0.2) is 18.5 Å². The molecule has 2 N–H and O–H groups in total. The maximum atomic E-state index is 5.62. The van der Waals surface area contributed by atoms with Crippen molar-refractivity contribution >= 4 is 0 Å². The van der Waals surface area contributed by atoms with Gasteiger partial charge in [-0.25, -0.2) is 0 Å². The second kappa shape index (κ2) is 5.89. The molecule has 0 aliphatic rings. The molecule has 0 bridgehead atoms. The number of nitrogens with zero attached hydrogens (tertiary/aromatic N) is 1. The third-order valence-electron chi connectivity index (χ3n) is 2.36. The van der Waals surface area contributed by atoms with E-state index < -0.39 is 0 Å². The van der Waals surface area contributed by atoms with Crippen molar-refractivity contribution in [1.29, 1.82) is 0 Å². The Bertz CT molecular complexity index is 294. The van der Waals surface area contributed by atoms with Crippen molar-refractivity contribution in [3.63, 3.8) is 0 Å². The van der Waals surface area contributed by atoms with Gasteiger partial charge >= 0.3 is 0 Å². The molecule has 0 fully saturated rings. The highest BCUT2D eigenvalue weighted by atomic mass is 15.1. The first-order chi connectivity index (χ1) is 7.11. The lowest BCUT2D eigenvalue weighted by Gasteiger charge is -2.19. The molecule has 0 saturated heterocycles. The van der Waals surface area contributed by atoms with Crippen molar-refractivity contribution in [2.24, 2.45) is 11.7 Å². The molecule has 84 valence electrons. The third-order valence-corrected chi connectivity index (χ3v) is 2.36. The van der Waals surface area contributed by atoms with Gasteiger partial charge in [-0.1, -0.05) is 38.1 Å². The highest BCUT2D eigenvalue weighted by molar-refractivity contribution is 5.23. The summed E-state index contributed by atoms with van der Waals surface area (Å²) in [5, 5.41) is 0. The van der Waals surface area contributed by atoms with Crippen LogP contribution in [0.15, 0.2) is 24.3 Å². The van der Waals surface area contributed by atoms with E-state index in [9.17, 15) is 0 Å². The zero-order valence-electron chi connectivity index (χ0n) is 10.0. The Kier molecular flexibility index (Phi) is 4.79. The molecule has 0 radical (unpaired) electrons. The summed E-state index contributed by atoms with van der Waals surface area (Å²) in [7, 11) is 2.16. The van der Waals surface area contributed by atoms with Crippen LogP contribution in [0.4, 0.5) is 0 Å². The van der Waals surface area contributed by atoms with Crippen molar-refractivity contribution in [2.45, 2.75) is 26.9 Å². The van der Waals surface area contributed by atoms with E-state index in [1.165, 1.54) is 11.1 Å². The van der Waals surface area contributed by atoms with Gasteiger partial charge in [0.05, 0.1) is 0 Å². The van der Waals surface area contributed by atoms with Gasteiger partial charge in [0.1, 0.15) is 0 Å². The van der Waals surface area contributed by atoms with Crippen molar-refractivity contribution < 1.29 is 0 Å².